The molecule has 0 N–H and O–H groups in total. The molecule has 3 nitrogen and oxygen atoms in total. The molecule has 1 aliphatic rings. The van der Waals surface area contributed by atoms with Gasteiger partial charge in [-0.1, -0.05) is 90.5 Å². The van der Waals surface area contributed by atoms with Crippen LogP contribution in [0.2, 0.25) is 5.02 Å². The Morgan fingerprint density at radius 2 is 1.64 bits per heavy atom. The number of para-hydroxylation sites is 1. The van der Waals surface area contributed by atoms with Crippen LogP contribution in [0.5, 0.6) is 0 Å². The van der Waals surface area contributed by atoms with Crippen LogP contribution in [-0.2, 0) is 9.53 Å². The monoisotopic (exact) mass is 389 g/mol. The van der Waals surface area contributed by atoms with Crippen molar-refractivity contribution in [3.05, 3.63) is 107 Å². The number of halogens is 1. The van der Waals surface area contributed by atoms with Gasteiger partial charge in [-0.25, -0.2) is 4.79 Å². The topological polar surface area (TPSA) is 29.5 Å². The van der Waals surface area contributed by atoms with E-state index in [1.54, 1.807) is 0 Å². The van der Waals surface area contributed by atoms with Crippen LogP contribution in [-0.4, -0.2) is 13.1 Å². The first kappa shape index (κ1) is 18.3. The number of esters is 1. The summed E-state index contributed by atoms with van der Waals surface area (Å²) < 4.78 is 5.21. The van der Waals surface area contributed by atoms with Gasteiger partial charge in [0.25, 0.3) is 0 Å². The van der Waals surface area contributed by atoms with Crippen LogP contribution in [0.3, 0.4) is 0 Å². The van der Waals surface area contributed by atoms with Crippen molar-refractivity contribution in [1.82, 2.24) is 0 Å². The number of methoxy groups -OCH3 is 1. The summed E-state index contributed by atoms with van der Waals surface area (Å²) in [6.07, 6.45) is 4.17. The highest BCUT2D eigenvalue weighted by atomic mass is 35.5. The van der Waals surface area contributed by atoms with Crippen molar-refractivity contribution in [3.63, 3.8) is 0 Å². The molecule has 1 aliphatic heterocycles. The van der Waals surface area contributed by atoms with Crippen LogP contribution < -0.4 is 4.90 Å². The SMILES string of the molecule is COC(=O)[C@H](c1ccccc1)N1c2ccccc2C=C[C@@H]1c1ccccc1Cl. The third-order valence-corrected chi connectivity index (χ3v) is 5.36. The quantitative estimate of drug-likeness (QED) is 0.526. The van der Waals surface area contributed by atoms with E-state index in [-0.39, 0.29) is 12.0 Å². The number of carbonyl (C=O) groups is 1. The van der Waals surface area contributed by atoms with E-state index in [4.69, 9.17) is 16.3 Å². The molecule has 140 valence electrons. The molecule has 0 unspecified atom stereocenters. The Hall–Kier alpha value is -3.04. The molecule has 0 saturated heterocycles. The van der Waals surface area contributed by atoms with Gasteiger partial charge in [0, 0.05) is 10.7 Å². The lowest BCUT2D eigenvalue weighted by Crippen LogP contribution is -2.39. The molecule has 3 aromatic carbocycles. The van der Waals surface area contributed by atoms with Gasteiger partial charge in [0.1, 0.15) is 0 Å². The maximum Gasteiger partial charge on any atom is 0.333 e. The molecule has 0 aliphatic carbocycles. The van der Waals surface area contributed by atoms with Gasteiger partial charge in [0.2, 0.25) is 0 Å². The fourth-order valence-corrected chi connectivity index (χ4v) is 3.97. The minimum absolute atomic E-state index is 0.201. The Morgan fingerprint density at radius 3 is 2.39 bits per heavy atom. The summed E-state index contributed by atoms with van der Waals surface area (Å²) in [6.45, 7) is 0. The van der Waals surface area contributed by atoms with Crippen LogP contribution in [0.15, 0.2) is 84.9 Å². The molecule has 3 aromatic rings. The van der Waals surface area contributed by atoms with E-state index in [1.165, 1.54) is 7.11 Å². The Labute approximate surface area is 169 Å². The molecular formula is C24H20ClNO2. The van der Waals surface area contributed by atoms with Gasteiger partial charge in [-0.2, -0.15) is 0 Å². The van der Waals surface area contributed by atoms with Crippen molar-refractivity contribution >= 4 is 29.3 Å². The molecule has 0 fully saturated rings. The van der Waals surface area contributed by atoms with Gasteiger partial charge >= 0.3 is 5.97 Å². The smallest absolute Gasteiger partial charge is 0.333 e. The summed E-state index contributed by atoms with van der Waals surface area (Å²) in [7, 11) is 1.43. The number of hydrogen-bond donors (Lipinski definition) is 0. The number of ether oxygens (including phenoxy) is 1. The predicted molar refractivity (Wildman–Crippen MR) is 113 cm³/mol. The summed E-state index contributed by atoms with van der Waals surface area (Å²) >= 11 is 6.54. The Bertz CT molecular complexity index is 1020. The van der Waals surface area contributed by atoms with Crippen molar-refractivity contribution in [2.24, 2.45) is 0 Å². The van der Waals surface area contributed by atoms with Crippen molar-refractivity contribution in [2.45, 2.75) is 12.1 Å². The molecule has 0 saturated carbocycles. The summed E-state index contributed by atoms with van der Waals surface area (Å²) in [4.78, 5) is 15.1. The summed E-state index contributed by atoms with van der Waals surface area (Å²) in [5.74, 6) is -0.312. The molecule has 4 rings (SSSR count). The van der Waals surface area contributed by atoms with E-state index < -0.39 is 6.04 Å². The number of nitrogens with zero attached hydrogens (tertiary/aromatic N) is 1. The molecule has 28 heavy (non-hydrogen) atoms. The summed E-state index contributed by atoms with van der Waals surface area (Å²) in [5, 5.41) is 0.665. The van der Waals surface area contributed by atoms with Gasteiger partial charge in [-0.15, -0.1) is 0 Å². The van der Waals surface area contributed by atoms with E-state index >= 15 is 0 Å². The normalized spacial score (nSPS) is 16.4. The molecule has 0 bridgehead atoms. The molecule has 0 amide bonds. The van der Waals surface area contributed by atoms with Crippen molar-refractivity contribution < 1.29 is 9.53 Å². The highest BCUT2D eigenvalue weighted by molar-refractivity contribution is 6.31. The fourth-order valence-electron chi connectivity index (χ4n) is 3.73. The van der Waals surface area contributed by atoms with Gasteiger partial charge in [0.05, 0.1) is 13.2 Å². The first-order chi connectivity index (χ1) is 13.7. The lowest BCUT2D eigenvalue weighted by Gasteiger charge is -2.41. The zero-order valence-electron chi connectivity index (χ0n) is 15.5. The zero-order chi connectivity index (χ0) is 19.5. The number of fused-ring (bicyclic) bond motifs is 1. The zero-order valence-corrected chi connectivity index (χ0v) is 16.2. The average molecular weight is 390 g/mol. The largest absolute Gasteiger partial charge is 0.467 e. The van der Waals surface area contributed by atoms with Crippen molar-refractivity contribution in [2.75, 3.05) is 12.0 Å². The van der Waals surface area contributed by atoms with Crippen LogP contribution in [0.4, 0.5) is 5.69 Å². The second-order valence-electron chi connectivity index (χ2n) is 6.63. The molecule has 0 radical (unpaired) electrons. The average Bonchev–Trinajstić information content (AvgIpc) is 2.75. The van der Waals surface area contributed by atoms with Crippen LogP contribution in [0.1, 0.15) is 28.8 Å². The highest BCUT2D eigenvalue weighted by Gasteiger charge is 2.36. The van der Waals surface area contributed by atoms with Crippen LogP contribution in [0.25, 0.3) is 6.08 Å². The Kier molecular flexibility index (Phi) is 5.18. The molecule has 1 heterocycles. The predicted octanol–water partition coefficient (Wildman–Crippen LogP) is 5.83. The molecule has 2 atom stereocenters. The van der Waals surface area contributed by atoms with Crippen LogP contribution in [0, 0.1) is 0 Å². The number of anilines is 1. The molecule has 0 aromatic heterocycles. The summed E-state index contributed by atoms with van der Waals surface area (Å²) in [6, 6.07) is 24.7. The lowest BCUT2D eigenvalue weighted by atomic mass is 9.93. The number of benzene rings is 3. The van der Waals surface area contributed by atoms with E-state index in [0.29, 0.717) is 5.02 Å². The first-order valence-electron chi connectivity index (χ1n) is 9.13. The lowest BCUT2D eigenvalue weighted by molar-refractivity contribution is -0.142. The number of rotatable bonds is 4. The number of carbonyl (C=O) groups excluding carboxylic acids is 1. The van der Waals surface area contributed by atoms with Gasteiger partial charge in [-0.05, 0) is 28.8 Å². The second-order valence-corrected chi connectivity index (χ2v) is 7.04. The van der Waals surface area contributed by atoms with Gasteiger partial charge in [0.15, 0.2) is 6.04 Å². The maximum absolute atomic E-state index is 13.0. The van der Waals surface area contributed by atoms with Gasteiger partial charge < -0.3 is 9.64 Å². The van der Waals surface area contributed by atoms with E-state index in [0.717, 1.165) is 22.4 Å². The second kappa shape index (κ2) is 7.91. The standard InChI is InChI=1S/C24H20ClNO2/c1-28-24(27)23(18-10-3-2-4-11-18)26-21-14-8-5-9-17(21)15-16-22(26)19-12-6-7-13-20(19)25/h2-16,22-23H,1H3/t22-,23+/m1/s1. The first-order valence-corrected chi connectivity index (χ1v) is 9.51. The fraction of sp³-hybridized carbons (Fsp3) is 0.125. The Balaban J connectivity index is 1.93. The third kappa shape index (κ3) is 3.30. The number of hydrogen-bond acceptors (Lipinski definition) is 3. The van der Waals surface area contributed by atoms with E-state index in [1.807, 2.05) is 78.9 Å². The highest BCUT2D eigenvalue weighted by Crippen LogP contribution is 2.44. The minimum atomic E-state index is -0.599. The van der Waals surface area contributed by atoms with Crippen molar-refractivity contribution in [3.8, 4) is 0 Å². The summed E-state index contributed by atoms with van der Waals surface area (Å²) in [5.41, 5.74) is 3.83. The van der Waals surface area contributed by atoms with Crippen LogP contribution >= 0.6 is 11.6 Å². The molecule has 4 heteroatoms. The minimum Gasteiger partial charge on any atom is -0.467 e. The Morgan fingerprint density at radius 1 is 0.964 bits per heavy atom. The van der Waals surface area contributed by atoms with E-state index in [2.05, 4.69) is 17.1 Å². The molecule has 0 spiro atoms. The van der Waals surface area contributed by atoms with E-state index in [9.17, 15) is 4.79 Å². The van der Waals surface area contributed by atoms with Crippen molar-refractivity contribution in [1.29, 1.82) is 0 Å². The van der Waals surface area contributed by atoms with Gasteiger partial charge in [-0.3, -0.25) is 0 Å². The third-order valence-electron chi connectivity index (χ3n) is 5.01. The maximum atomic E-state index is 13.0. The molecular weight excluding hydrogens is 370 g/mol.